The topological polar surface area (TPSA) is 194 Å². The third-order valence-electron chi connectivity index (χ3n) is 8.65. The number of primary amides is 1. The Morgan fingerprint density at radius 2 is 1.80 bits per heavy atom. The highest BCUT2D eigenvalue weighted by atomic mass is 35.5. The monoisotopic (exact) mass is 590 g/mol. The highest BCUT2D eigenvalue weighted by Gasteiger charge is 2.64. The second-order valence-electron chi connectivity index (χ2n) is 11.0. The van der Waals surface area contributed by atoms with Gasteiger partial charge < -0.3 is 31.5 Å². The second-order valence-corrected chi connectivity index (χ2v) is 11.4. The van der Waals surface area contributed by atoms with E-state index in [0.29, 0.717) is 18.7 Å². The Kier molecular flexibility index (Phi) is 8.00. The molecule has 0 radical (unpaired) electrons. The number of carbonyl (C=O) groups excluding carboxylic acids is 4. The molecule has 1 fully saturated rings. The normalized spacial score (nSPS) is 26.6. The Balaban J connectivity index is 1.85. The molecule has 41 heavy (non-hydrogen) atoms. The third kappa shape index (κ3) is 4.49. The van der Waals surface area contributed by atoms with E-state index in [1.807, 2.05) is 18.7 Å². The largest absolute Gasteiger partial charge is 0.508 e. The summed E-state index contributed by atoms with van der Waals surface area (Å²) in [7, 11) is 3.06. The molecule has 2 amide bonds. The van der Waals surface area contributed by atoms with Crippen molar-refractivity contribution in [3.63, 3.8) is 0 Å². The molecular weight excluding hydrogens is 556 g/mol. The van der Waals surface area contributed by atoms with E-state index in [-0.39, 0.29) is 34.7 Å². The van der Waals surface area contributed by atoms with Gasteiger partial charge in [0.2, 0.25) is 11.7 Å². The van der Waals surface area contributed by atoms with Crippen LogP contribution >= 0.6 is 11.6 Å². The minimum Gasteiger partial charge on any atom is -0.508 e. The minimum atomic E-state index is -2.73. The van der Waals surface area contributed by atoms with Gasteiger partial charge in [0, 0.05) is 11.5 Å². The van der Waals surface area contributed by atoms with Crippen molar-refractivity contribution < 1.29 is 39.6 Å². The quantitative estimate of drug-likeness (QED) is 0.199. The lowest BCUT2D eigenvalue weighted by atomic mass is 9.57. The van der Waals surface area contributed by atoms with Crippen LogP contribution in [0.4, 0.5) is 5.69 Å². The maximum Gasteiger partial charge on any atom is 0.255 e. The van der Waals surface area contributed by atoms with Gasteiger partial charge in [0.15, 0.2) is 17.1 Å². The fourth-order valence-electron chi connectivity index (χ4n) is 6.55. The SMILES string of the molecule is CCN(CC)C(C)C(=O)Nc1c(Cl)cc2c(c1O)C(O)=C1C(=O)C3(O)C(O)=C(C(N)=O)C(=O)[C@@H](N(C)C)C3CC1C2. The van der Waals surface area contributed by atoms with E-state index in [4.69, 9.17) is 17.3 Å². The van der Waals surface area contributed by atoms with Gasteiger partial charge in [-0.15, -0.1) is 0 Å². The standard InChI is InChI=1S/C28H35ClN4O8/c1-6-33(7-2)11(3)27(40)31-19-15(29)10-13-8-12-9-14-20(32(4)5)23(36)18(26(30)39)25(38)28(14,41)24(37)17(12)21(34)16(13)22(19)35/h10-12,14,20,34-35,38,41H,6-9H2,1-5H3,(H2,30,39)(H,31,40)/t11?,12?,14?,20-,28?/m0/s1. The van der Waals surface area contributed by atoms with Crippen LogP contribution in [0.2, 0.25) is 5.02 Å². The summed E-state index contributed by atoms with van der Waals surface area (Å²) in [6.45, 7) is 6.71. The Morgan fingerprint density at radius 1 is 1.20 bits per heavy atom. The first-order valence-corrected chi connectivity index (χ1v) is 13.7. The van der Waals surface area contributed by atoms with Gasteiger partial charge in [-0.1, -0.05) is 25.4 Å². The summed E-state index contributed by atoms with van der Waals surface area (Å²) >= 11 is 6.47. The first-order valence-electron chi connectivity index (χ1n) is 13.4. The minimum absolute atomic E-state index is 0.0157. The van der Waals surface area contributed by atoms with Gasteiger partial charge in [0.25, 0.3) is 5.91 Å². The number of likely N-dealkylation sites (N-methyl/N-ethyl adjacent to an activating group) is 2. The lowest BCUT2D eigenvalue weighted by Gasteiger charge is -2.50. The number of phenols is 1. The molecular formula is C28H35ClN4O8. The molecule has 0 aliphatic heterocycles. The summed E-state index contributed by atoms with van der Waals surface area (Å²) in [4.78, 5) is 55.5. The van der Waals surface area contributed by atoms with Crippen molar-refractivity contribution in [3.05, 3.63) is 39.1 Å². The van der Waals surface area contributed by atoms with Crippen molar-refractivity contribution in [1.29, 1.82) is 0 Å². The number of rotatable bonds is 7. The Hall–Kier alpha value is -3.45. The van der Waals surface area contributed by atoms with Gasteiger partial charge in [0.05, 0.1) is 22.7 Å². The molecule has 13 heteroatoms. The van der Waals surface area contributed by atoms with E-state index in [1.165, 1.54) is 25.1 Å². The summed E-state index contributed by atoms with van der Waals surface area (Å²) in [5, 5.41) is 47.8. The van der Waals surface area contributed by atoms with Gasteiger partial charge in [-0.2, -0.15) is 0 Å². The summed E-state index contributed by atoms with van der Waals surface area (Å²) in [5.41, 5.74) is 1.51. The zero-order valence-electron chi connectivity index (χ0n) is 23.5. The Bertz CT molecular complexity index is 1420. The van der Waals surface area contributed by atoms with Crippen LogP contribution < -0.4 is 11.1 Å². The van der Waals surface area contributed by atoms with Crippen LogP contribution in [0.25, 0.3) is 5.76 Å². The predicted octanol–water partition coefficient (Wildman–Crippen LogP) is 1.29. The predicted molar refractivity (Wildman–Crippen MR) is 150 cm³/mol. The van der Waals surface area contributed by atoms with Gasteiger partial charge >= 0.3 is 0 Å². The number of anilines is 1. The van der Waals surface area contributed by atoms with Gasteiger partial charge in [-0.25, -0.2) is 0 Å². The molecule has 5 atom stereocenters. The highest BCUT2D eigenvalue weighted by molar-refractivity contribution is 6.34. The molecule has 0 saturated heterocycles. The molecule has 0 bridgehead atoms. The number of halogens is 1. The molecule has 222 valence electrons. The number of hydrogen-bond acceptors (Lipinski definition) is 10. The van der Waals surface area contributed by atoms with Crippen LogP contribution in [0.15, 0.2) is 23.0 Å². The molecule has 7 N–H and O–H groups in total. The molecule has 4 rings (SSSR count). The van der Waals surface area contributed by atoms with Gasteiger partial charge in [0.1, 0.15) is 22.8 Å². The first kappa shape index (κ1) is 30.5. The molecule has 1 aromatic carbocycles. The first-order chi connectivity index (χ1) is 19.1. The average Bonchev–Trinajstić information content (AvgIpc) is 2.88. The lowest BCUT2D eigenvalue weighted by molar-refractivity contribution is -0.153. The number of Topliss-reactive ketones (excluding diaryl/α,β-unsaturated/α-hetero) is 2. The zero-order valence-corrected chi connectivity index (χ0v) is 24.2. The number of aromatic hydroxyl groups is 1. The number of fused-ring (bicyclic) bond motifs is 3. The number of phenolic OH excluding ortho intramolecular Hbond substituents is 1. The van der Waals surface area contributed by atoms with Crippen LogP contribution in [0, 0.1) is 11.8 Å². The van der Waals surface area contributed by atoms with E-state index < -0.39 is 75.7 Å². The van der Waals surface area contributed by atoms with E-state index in [9.17, 15) is 39.6 Å². The van der Waals surface area contributed by atoms with E-state index in [0.717, 1.165) is 0 Å². The number of aliphatic hydroxyl groups is 3. The fourth-order valence-corrected chi connectivity index (χ4v) is 6.82. The average molecular weight is 591 g/mol. The van der Waals surface area contributed by atoms with Crippen LogP contribution in [-0.2, 0) is 25.6 Å². The molecule has 0 heterocycles. The number of amides is 2. The van der Waals surface area contributed by atoms with Crippen molar-refractivity contribution in [2.75, 3.05) is 32.5 Å². The number of ketones is 2. The van der Waals surface area contributed by atoms with Gasteiger partial charge in [-0.3, -0.25) is 29.0 Å². The van der Waals surface area contributed by atoms with E-state index in [2.05, 4.69) is 5.32 Å². The van der Waals surface area contributed by atoms with Gasteiger partial charge in [-0.05, 0) is 64.5 Å². The third-order valence-corrected chi connectivity index (χ3v) is 8.95. The maximum absolute atomic E-state index is 13.9. The van der Waals surface area contributed by atoms with Crippen molar-refractivity contribution in [1.82, 2.24) is 9.80 Å². The van der Waals surface area contributed by atoms with Crippen molar-refractivity contribution in [2.45, 2.75) is 51.3 Å². The maximum atomic E-state index is 13.9. The summed E-state index contributed by atoms with van der Waals surface area (Å²) < 4.78 is 0. The van der Waals surface area contributed by atoms with Crippen molar-refractivity contribution in [2.24, 2.45) is 17.6 Å². The molecule has 1 aromatic rings. The van der Waals surface area contributed by atoms with E-state index in [1.54, 1.807) is 6.92 Å². The smallest absolute Gasteiger partial charge is 0.255 e. The second kappa shape index (κ2) is 10.8. The van der Waals surface area contributed by atoms with Crippen LogP contribution in [0.5, 0.6) is 5.75 Å². The molecule has 1 saturated carbocycles. The molecule has 4 unspecified atom stereocenters. The summed E-state index contributed by atoms with van der Waals surface area (Å²) in [6, 6.07) is -0.258. The summed E-state index contributed by atoms with van der Waals surface area (Å²) in [5.74, 6) is -7.99. The number of benzene rings is 1. The number of nitrogens with one attached hydrogen (secondary N) is 1. The fraction of sp³-hybridized carbons (Fsp3) is 0.500. The number of carbonyl (C=O) groups is 4. The Labute approximate surface area is 242 Å². The summed E-state index contributed by atoms with van der Waals surface area (Å²) in [6.07, 6.45) is 0.0515. The number of hydrogen-bond donors (Lipinski definition) is 6. The van der Waals surface area contributed by atoms with Crippen LogP contribution in [0.1, 0.15) is 38.3 Å². The van der Waals surface area contributed by atoms with Crippen molar-refractivity contribution in [3.8, 4) is 5.75 Å². The molecule has 3 aliphatic rings. The lowest BCUT2D eigenvalue weighted by Crippen LogP contribution is -2.65. The molecule has 3 aliphatic carbocycles. The molecule has 0 aromatic heterocycles. The number of aliphatic hydroxyl groups excluding tert-OH is 2. The number of nitrogens with zero attached hydrogens (tertiary/aromatic N) is 2. The van der Waals surface area contributed by atoms with E-state index >= 15 is 0 Å². The zero-order chi connectivity index (χ0) is 30.7. The van der Waals surface area contributed by atoms with Crippen molar-refractivity contribution >= 4 is 46.4 Å². The highest BCUT2D eigenvalue weighted by Crippen LogP contribution is 2.54. The number of nitrogens with two attached hydrogens (primary N) is 1. The van der Waals surface area contributed by atoms with Crippen LogP contribution in [0.3, 0.4) is 0 Å². The van der Waals surface area contributed by atoms with Crippen LogP contribution in [-0.4, -0.2) is 98.5 Å². The Morgan fingerprint density at radius 3 is 2.34 bits per heavy atom. The molecule has 0 spiro atoms. The molecule has 12 nitrogen and oxygen atoms in total.